The minimum atomic E-state index is 0.0232. The maximum Gasteiger partial charge on any atom is 0.146 e. The summed E-state index contributed by atoms with van der Waals surface area (Å²) in [4.78, 5) is 4.54. The van der Waals surface area contributed by atoms with Crippen LogP contribution in [-0.4, -0.2) is 37.9 Å². The monoisotopic (exact) mass is 355 g/mol. The Kier molecular flexibility index (Phi) is 9.65. The summed E-state index contributed by atoms with van der Waals surface area (Å²) >= 11 is 0. The van der Waals surface area contributed by atoms with Gasteiger partial charge in [-0.05, 0) is 48.1 Å². The van der Waals surface area contributed by atoms with Crippen molar-refractivity contribution in [2.75, 3.05) is 26.6 Å². The Labute approximate surface area is 156 Å². The molecule has 4 nitrogen and oxygen atoms in total. The second-order valence-corrected chi connectivity index (χ2v) is 6.18. The number of hydrogen-bond donors (Lipinski definition) is 1. The van der Waals surface area contributed by atoms with Crippen molar-refractivity contribution in [2.45, 2.75) is 32.6 Å². The van der Waals surface area contributed by atoms with Crippen molar-refractivity contribution in [3.05, 3.63) is 65.2 Å². The lowest BCUT2D eigenvalue weighted by Gasteiger charge is -2.05. The van der Waals surface area contributed by atoms with Crippen LogP contribution in [0, 0.1) is 0 Å². The number of hydrogen-bond acceptors (Lipinski definition) is 4. The topological polar surface area (TPSA) is 51.0 Å². The highest BCUT2D eigenvalue weighted by molar-refractivity contribution is 5.81. The molecule has 1 N–H and O–H groups in total. The summed E-state index contributed by atoms with van der Waals surface area (Å²) < 4.78 is 10.4. The van der Waals surface area contributed by atoms with E-state index in [2.05, 4.69) is 60.4 Å². The van der Waals surface area contributed by atoms with Crippen LogP contribution in [0.1, 0.15) is 36.5 Å². The predicted octanol–water partition coefficient (Wildman–Crippen LogP) is 4.31. The van der Waals surface area contributed by atoms with Gasteiger partial charge in [0.25, 0.3) is 0 Å². The van der Waals surface area contributed by atoms with E-state index in [9.17, 15) is 0 Å². The summed E-state index contributed by atoms with van der Waals surface area (Å²) in [6, 6.07) is 16.8. The SMILES string of the molecule is CCCCc1ccc(N=Cc2ccc(CCOCOCCO)cc2)cc1. The van der Waals surface area contributed by atoms with Crippen LogP contribution in [0.3, 0.4) is 0 Å². The van der Waals surface area contributed by atoms with Gasteiger partial charge in [0.1, 0.15) is 6.79 Å². The van der Waals surface area contributed by atoms with E-state index in [1.807, 2.05) is 6.21 Å². The fourth-order valence-corrected chi connectivity index (χ4v) is 2.48. The van der Waals surface area contributed by atoms with Gasteiger partial charge in [0.15, 0.2) is 0 Å². The standard InChI is InChI=1S/C22H29NO3/c1-2-3-4-19-9-11-22(12-10-19)23-17-21-7-5-20(6-8-21)13-15-25-18-26-16-14-24/h5-12,17,24H,2-4,13-16,18H2,1H3. The van der Waals surface area contributed by atoms with Crippen LogP contribution < -0.4 is 0 Å². The Morgan fingerprint density at radius 1 is 0.885 bits per heavy atom. The average Bonchev–Trinajstić information content (AvgIpc) is 2.69. The van der Waals surface area contributed by atoms with Gasteiger partial charge in [0.2, 0.25) is 0 Å². The van der Waals surface area contributed by atoms with Gasteiger partial charge in [-0.15, -0.1) is 0 Å². The summed E-state index contributed by atoms with van der Waals surface area (Å²) in [5.74, 6) is 0. The Hall–Kier alpha value is -2.01. The lowest BCUT2D eigenvalue weighted by atomic mass is 10.1. The first-order chi connectivity index (χ1) is 12.8. The molecule has 2 aromatic carbocycles. The molecule has 0 aliphatic heterocycles. The fraction of sp³-hybridized carbons (Fsp3) is 0.409. The zero-order valence-electron chi connectivity index (χ0n) is 15.6. The van der Waals surface area contributed by atoms with Crippen molar-refractivity contribution < 1.29 is 14.6 Å². The molecule has 0 radical (unpaired) electrons. The zero-order valence-corrected chi connectivity index (χ0v) is 15.6. The van der Waals surface area contributed by atoms with E-state index in [0.29, 0.717) is 13.2 Å². The normalized spacial score (nSPS) is 11.3. The minimum Gasteiger partial charge on any atom is -0.394 e. The van der Waals surface area contributed by atoms with E-state index in [1.165, 1.54) is 24.0 Å². The van der Waals surface area contributed by atoms with Crippen molar-refractivity contribution in [3.63, 3.8) is 0 Å². The molecule has 0 amide bonds. The molecule has 0 aliphatic rings. The number of unbranched alkanes of at least 4 members (excludes halogenated alkanes) is 1. The molecular formula is C22H29NO3. The smallest absolute Gasteiger partial charge is 0.146 e. The third-order valence-electron chi connectivity index (χ3n) is 4.04. The molecule has 2 rings (SSSR count). The van der Waals surface area contributed by atoms with E-state index >= 15 is 0 Å². The molecule has 0 heterocycles. The van der Waals surface area contributed by atoms with Crippen LogP contribution in [-0.2, 0) is 22.3 Å². The number of aryl methyl sites for hydroxylation is 1. The second kappa shape index (κ2) is 12.4. The molecule has 2 aromatic rings. The van der Waals surface area contributed by atoms with E-state index < -0.39 is 0 Å². The van der Waals surface area contributed by atoms with Crippen LogP contribution >= 0.6 is 0 Å². The van der Waals surface area contributed by atoms with Crippen LogP contribution in [0.5, 0.6) is 0 Å². The third-order valence-corrected chi connectivity index (χ3v) is 4.04. The van der Waals surface area contributed by atoms with E-state index in [4.69, 9.17) is 14.6 Å². The molecule has 0 bridgehead atoms. The molecule has 0 aromatic heterocycles. The van der Waals surface area contributed by atoms with E-state index in [-0.39, 0.29) is 13.4 Å². The van der Waals surface area contributed by atoms with Crippen LogP contribution in [0.15, 0.2) is 53.5 Å². The quantitative estimate of drug-likeness (QED) is 0.351. The fourth-order valence-electron chi connectivity index (χ4n) is 2.48. The van der Waals surface area contributed by atoms with Gasteiger partial charge < -0.3 is 14.6 Å². The van der Waals surface area contributed by atoms with Gasteiger partial charge in [0, 0.05) is 6.21 Å². The highest BCUT2D eigenvalue weighted by Gasteiger charge is 1.96. The number of aliphatic imine (C=N–C) groups is 1. The molecule has 140 valence electrons. The van der Waals surface area contributed by atoms with Gasteiger partial charge in [-0.1, -0.05) is 49.7 Å². The maximum atomic E-state index is 8.60. The van der Waals surface area contributed by atoms with Crippen molar-refractivity contribution in [1.29, 1.82) is 0 Å². The zero-order chi connectivity index (χ0) is 18.5. The van der Waals surface area contributed by atoms with Gasteiger partial charge in [-0.2, -0.15) is 0 Å². The Bertz CT molecular complexity index is 635. The van der Waals surface area contributed by atoms with Crippen LogP contribution in [0.2, 0.25) is 0 Å². The number of nitrogens with zero attached hydrogens (tertiary/aromatic N) is 1. The molecule has 26 heavy (non-hydrogen) atoms. The molecule has 0 aliphatic carbocycles. The molecule has 0 spiro atoms. The van der Waals surface area contributed by atoms with Crippen molar-refractivity contribution in [1.82, 2.24) is 0 Å². The average molecular weight is 355 g/mol. The molecule has 4 heteroatoms. The lowest BCUT2D eigenvalue weighted by Crippen LogP contribution is -2.06. The van der Waals surface area contributed by atoms with Crippen LogP contribution in [0.4, 0.5) is 5.69 Å². The molecule has 0 saturated carbocycles. The van der Waals surface area contributed by atoms with E-state index in [0.717, 1.165) is 24.1 Å². The van der Waals surface area contributed by atoms with Crippen molar-refractivity contribution in [2.24, 2.45) is 4.99 Å². The molecular weight excluding hydrogens is 326 g/mol. The highest BCUT2D eigenvalue weighted by Crippen LogP contribution is 2.15. The minimum absolute atomic E-state index is 0.0232. The Morgan fingerprint density at radius 2 is 1.54 bits per heavy atom. The molecule has 0 saturated heterocycles. The summed E-state index contributed by atoms with van der Waals surface area (Å²) in [5.41, 5.74) is 4.64. The third kappa shape index (κ3) is 7.91. The summed E-state index contributed by atoms with van der Waals surface area (Å²) in [6.45, 7) is 3.38. The first-order valence-corrected chi connectivity index (χ1v) is 9.30. The Balaban J connectivity index is 1.76. The van der Waals surface area contributed by atoms with Gasteiger partial charge >= 0.3 is 0 Å². The summed E-state index contributed by atoms with van der Waals surface area (Å²) in [7, 11) is 0. The first kappa shape index (κ1) is 20.3. The van der Waals surface area contributed by atoms with Crippen LogP contribution in [0.25, 0.3) is 0 Å². The van der Waals surface area contributed by atoms with Gasteiger partial charge in [-0.25, -0.2) is 0 Å². The van der Waals surface area contributed by atoms with Gasteiger partial charge in [-0.3, -0.25) is 4.99 Å². The molecule has 0 fully saturated rings. The predicted molar refractivity (Wildman–Crippen MR) is 106 cm³/mol. The lowest BCUT2D eigenvalue weighted by molar-refractivity contribution is -0.0612. The Morgan fingerprint density at radius 3 is 2.23 bits per heavy atom. The number of rotatable bonds is 12. The number of aliphatic hydroxyl groups is 1. The largest absolute Gasteiger partial charge is 0.394 e. The molecule has 0 atom stereocenters. The van der Waals surface area contributed by atoms with Gasteiger partial charge in [0.05, 0.1) is 25.5 Å². The molecule has 0 unspecified atom stereocenters. The van der Waals surface area contributed by atoms with Crippen molar-refractivity contribution >= 4 is 11.9 Å². The van der Waals surface area contributed by atoms with E-state index in [1.54, 1.807) is 0 Å². The van der Waals surface area contributed by atoms with Crippen molar-refractivity contribution in [3.8, 4) is 0 Å². The summed E-state index contributed by atoms with van der Waals surface area (Å²) in [5, 5.41) is 8.60. The number of aliphatic hydroxyl groups excluding tert-OH is 1. The second-order valence-electron chi connectivity index (χ2n) is 6.18. The first-order valence-electron chi connectivity index (χ1n) is 9.30. The maximum absolute atomic E-state index is 8.60. The number of ether oxygens (including phenoxy) is 2. The highest BCUT2D eigenvalue weighted by atomic mass is 16.7. The number of benzene rings is 2. The summed E-state index contributed by atoms with van der Waals surface area (Å²) in [6.07, 6.45) is 6.32.